The summed E-state index contributed by atoms with van der Waals surface area (Å²) in [6.45, 7) is 4.07. The van der Waals surface area contributed by atoms with Gasteiger partial charge in [0.15, 0.2) is 5.16 Å². The Hall–Kier alpha value is -1.08. The molecule has 0 aliphatic heterocycles. The van der Waals surface area contributed by atoms with Crippen molar-refractivity contribution in [1.82, 2.24) is 20.1 Å². The van der Waals surface area contributed by atoms with E-state index in [0.29, 0.717) is 5.25 Å². The fraction of sp³-hybridized carbons (Fsp3) is 0.750. The van der Waals surface area contributed by atoms with E-state index >= 15 is 0 Å². The van der Waals surface area contributed by atoms with E-state index in [-0.39, 0.29) is 11.9 Å². The number of nitrogens with zero attached hydrogens (tertiary/aromatic N) is 3. The van der Waals surface area contributed by atoms with E-state index in [1.54, 1.807) is 18.1 Å². The molecule has 1 aromatic heterocycles. The molecule has 0 spiro atoms. The lowest BCUT2D eigenvalue weighted by atomic mass is 9.96. The number of hydrogen-bond donors (Lipinski definition) is 2. The highest BCUT2D eigenvalue weighted by Gasteiger charge is 2.44. The van der Waals surface area contributed by atoms with Gasteiger partial charge in [0.05, 0.1) is 5.54 Å². The van der Waals surface area contributed by atoms with Crippen LogP contribution >= 0.6 is 11.8 Å². The lowest BCUT2D eigenvalue weighted by Gasteiger charge is -2.29. The first-order chi connectivity index (χ1) is 8.93. The van der Waals surface area contributed by atoms with E-state index in [1.165, 1.54) is 0 Å². The zero-order valence-corrected chi connectivity index (χ0v) is 12.4. The normalized spacial score (nSPS) is 27.1. The smallest absolute Gasteiger partial charge is 0.237 e. The number of hydrogen-bond acceptors (Lipinski definition) is 5. The van der Waals surface area contributed by atoms with Crippen molar-refractivity contribution in [1.29, 1.82) is 0 Å². The second-order valence-electron chi connectivity index (χ2n) is 5.45. The molecule has 2 atom stereocenters. The molecule has 1 amide bonds. The van der Waals surface area contributed by atoms with Crippen LogP contribution in [0.2, 0.25) is 0 Å². The third kappa shape index (κ3) is 3.09. The summed E-state index contributed by atoms with van der Waals surface area (Å²) in [6, 6.07) is 0.242. The standard InChI is InChI=1S/C12H21N5OS/c1-8(2)15-12(10(13)18)5-4-9(6-12)19-11-16-14-7-17(11)3/h7-9,15H,4-6H2,1-3H3,(H2,13,18). The lowest BCUT2D eigenvalue weighted by molar-refractivity contribution is -0.124. The predicted octanol–water partition coefficient (Wildman–Crippen LogP) is 0.682. The molecule has 1 fully saturated rings. The first-order valence-electron chi connectivity index (χ1n) is 6.51. The summed E-state index contributed by atoms with van der Waals surface area (Å²) < 4.78 is 1.89. The van der Waals surface area contributed by atoms with Crippen molar-refractivity contribution in [2.24, 2.45) is 12.8 Å². The van der Waals surface area contributed by atoms with Crippen LogP contribution in [0.3, 0.4) is 0 Å². The second kappa shape index (κ2) is 5.50. The molecule has 6 nitrogen and oxygen atoms in total. The molecule has 1 aliphatic carbocycles. The second-order valence-corrected chi connectivity index (χ2v) is 6.72. The van der Waals surface area contributed by atoms with Crippen LogP contribution in [0, 0.1) is 0 Å². The maximum Gasteiger partial charge on any atom is 0.237 e. The number of thioether (sulfide) groups is 1. The Kier molecular flexibility index (Phi) is 4.15. The number of primary amides is 1. The SMILES string of the molecule is CC(C)NC1(C(N)=O)CCC(Sc2nncn2C)C1. The number of carbonyl (C=O) groups excluding carboxylic acids is 1. The van der Waals surface area contributed by atoms with Crippen LogP contribution in [-0.4, -0.2) is 37.5 Å². The van der Waals surface area contributed by atoms with Crippen LogP contribution in [0.5, 0.6) is 0 Å². The fourth-order valence-electron chi connectivity index (χ4n) is 2.61. The minimum absolute atomic E-state index is 0.242. The van der Waals surface area contributed by atoms with Crippen molar-refractivity contribution in [3.8, 4) is 0 Å². The van der Waals surface area contributed by atoms with Crippen LogP contribution in [0.25, 0.3) is 0 Å². The highest BCUT2D eigenvalue weighted by Crippen LogP contribution is 2.39. The Labute approximate surface area is 117 Å². The van der Waals surface area contributed by atoms with Gasteiger partial charge < -0.3 is 15.6 Å². The molecule has 2 rings (SSSR count). The van der Waals surface area contributed by atoms with Gasteiger partial charge in [-0.1, -0.05) is 11.8 Å². The van der Waals surface area contributed by atoms with Gasteiger partial charge in [0.25, 0.3) is 0 Å². The molecule has 19 heavy (non-hydrogen) atoms. The van der Waals surface area contributed by atoms with E-state index in [1.807, 2.05) is 25.5 Å². The van der Waals surface area contributed by atoms with Gasteiger partial charge in [-0.3, -0.25) is 4.79 Å². The monoisotopic (exact) mass is 283 g/mol. The average Bonchev–Trinajstić information content (AvgIpc) is 2.88. The van der Waals surface area contributed by atoms with Crippen molar-refractivity contribution in [3.05, 3.63) is 6.33 Å². The highest BCUT2D eigenvalue weighted by atomic mass is 32.2. The van der Waals surface area contributed by atoms with Crippen molar-refractivity contribution < 1.29 is 4.79 Å². The quantitative estimate of drug-likeness (QED) is 0.830. The molecule has 1 aromatic rings. The minimum atomic E-state index is -0.565. The molecule has 1 saturated carbocycles. The molecular formula is C12H21N5OS. The van der Waals surface area contributed by atoms with Crippen molar-refractivity contribution in [3.63, 3.8) is 0 Å². The Bertz CT molecular complexity index is 461. The largest absolute Gasteiger partial charge is 0.368 e. The maximum atomic E-state index is 11.8. The van der Waals surface area contributed by atoms with Gasteiger partial charge in [0, 0.05) is 18.3 Å². The first-order valence-corrected chi connectivity index (χ1v) is 7.39. The van der Waals surface area contributed by atoms with E-state index in [9.17, 15) is 4.79 Å². The number of nitrogens with one attached hydrogen (secondary N) is 1. The van der Waals surface area contributed by atoms with E-state index in [2.05, 4.69) is 15.5 Å². The number of aryl methyl sites for hydroxylation is 1. The molecule has 106 valence electrons. The number of nitrogens with two attached hydrogens (primary N) is 1. The molecule has 0 aromatic carbocycles. The molecule has 3 N–H and O–H groups in total. The molecule has 2 unspecified atom stereocenters. The van der Waals surface area contributed by atoms with Gasteiger partial charge in [-0.25, -0.2) is 0 Å². The molecule has 1 aliphatic rings. The van der Waals surface area contributed by atoms with Crippen LogP contribution in [0.4, 0.5) is 0 Å². The predicted molar refractivity (Wildman–Crippen MR) is 74.7 cm³/mol. The van der Waals surface area contributed by atoms with Gasteiger partial charge >= 0.3 is 0 Å². The van der Waals surface area contributed by atoms with Crippen molar-refractivity contribution >= 4 is 17.7 Å². The minimum Gasteiger partial charge on any atom is -0.368 e. The zero-order chi connectivity index (χ0) is 14.0. The zero-order valence-electron chi connectivity index (χ0n) is 11.6. The Morgan fingerprint density at radius 3 is 2.95 bits per heavy atom. The number of amides is 1. The maximum absolute atomic E-state index is 11.8. The topological polar surface area (TPSA) is 85.8 Å². The fourth-order valence-corrected chi connectivity index (χ4v) is 3.82. The van der Waals surface area contributed by atoms with Gasteiger partial charge in [-0.2, -0.15) is 0 Å². The summed E-state index contributed by atoms with van der Waals surface area (Å²) in [7, 11) is 1.92. The molecular weight excluding hydrogens is 262 g/mol. The third-order valence-electron chi connectivity index (χ3n) is 3.45. The van der Waals surface area contributed by atoms with Crippen LogP contribution < -0.4 is 11.1 Å². The van der Waals surface area contributed by atoms with Crippen molar-refractivity contribution in [2.45, 2.75) is 55.1 Å². The Morgan fingerprint density at radius 2 is 2.42 bits per heavy atom. The van der Waals surface area contributed by atoms with Crippen LogP contribution in [0.15, 0.2) is 11.5 Å². The summed E-state index contributed by atoms with van der Waals surface area (Å²) in [6.07, 6.45) is 4.18. The summed E-state index contributed by atoms with van der Waals surface area (Å²) >= 11 is 1.67. The van der Waals surface area contributed by atoms with E-state index in [4.69, 9.17) is 5.73 Å². The summed E-state index contributed by atoms with van der Waals surface area (Å²) in [5.74, 6) is -0.248. The van der Waals surface area contributed by atoms with Crippen molar-refractivity contribution in [2.75, 3.05) is 0 Å². The van der Waals surface area contributed by atoms with Gasteiger partial charge in [0.2, 0.25) is 5.91 Å². The number of rotatable bonds is 5. The Morgan fingerprint density at radius 1 is 1.68 bits per heavy atom. The van der Waals surface area contributed by atoms with Crippen LogP contribution in [-0.2, 0) is 11.8 Å². The summed E-state index contributed by atoms with van der Waals surface area (Å²) in [5, 5.41) is 12.5. The lowest BCUT2D eigenvalue weighted by Crippen LogP contribution is -2.56. The average molecular weight is 283 g/mol. The molecule has 1 heterocycles. The third-order valence-corrected chi connectivity index (χ3v) is 4.76. The summed E-state index contributed by atoms with van der Waals surface area (Å²) in [5.41, 5.74) is 5.04. The first kappa shape index (κ1) is 14.3. The highest BCUT2D eigenvalue weighted by molar-refractivity contribution is 7.99. The van der Waals surface area contributed by atoms with E-state index < -0.39 is 5.54 Å². The van der Waals surface area contributed by atoms with E-state index in [0.717, 1.165) is 24.4 Å². The van der Waals surface area contributed by atoms with Crippen LogP contribution in [0.1, 0.15) is 33.1 Å². The Balaban J connectivity index is 2.04. The molecule has 0 radical (unpaired) electrons. The number of carbonyl (C=O) groups is 1. The molecule has 0 saturated heterocycles. The molecule has 0 bridgehead atoms. The van der Waals surface area contributed by atoms with Gasteiger partial charge in [0.1, 0.15) is 6.33 Å². The number of aromatic nitrogens is 3. The summed E-state index contributed by atoms with van der Waals surface area (Å²) in [4.78, 5) is 11.8. The molecule has 7 heteroatoms. The van der Waals surface area contributed by atoms with Gasteiger partial charge in [-0.15, -0.1) is 10.2 Å². The van der Waals surface area contributed by atoms with Gasteiger partial charge in [-0.05, 0) is 33.1 Å².